The van der Waals surface area contributed by atoms with Crippen LogP contribution in [0.5, 0.6) is 0 Å². The number of nitrogens with one attached hydrogen (secondary N) is 2. The fourth-order valence-corrected chi connectivity index (χ4v) is 3.36. The molecule has 0 saturated carbocycles. The number of hydrogen-bond donors (Lipinski definition) is 2. The highest BCUT2D eigenvalue weighted by atomic mass is 127. The zero-order valence-corrected chi connectivity index (χ0v) is 11.6. The van der Waals surface area contributed by atoms with E-state index >= 15 is 0 Å². The summed E-state index contributed by atoms with van der Waals surface area (Å²) in [5.41, 5.74) is -0.0654. The summed E-state index contributed by atoms with van der Waals surface area (Å²) in [6.45, 7) is 2.39. The lowest BCUT2D eigenvalue weighted by Gasteiger charge is -2.21. The zero-order valence-electron chi connectivity index (χ0n) is 9.45. The number of rotatable bonds is 2. The minimum absolute atomic E-state index is 0.0654. The van der Waals surface area contributed by atoms with E-state index in [2.05, 4.69) is 20.2 Å². The van der Waals surface area contributed by atoms with Crippen LogP contribution in [0.25, 0.3) is 0 Å². The van der Waals surface area contributed by atoms with E-state index in [1.165, 1.54) is 32.3 Å². The Kier molecular flexibility index (Phi) is 3.08. The van der Waals surface area contributed by atoms with Crippen LogP contribution >= 0.6 is 22.6 Å². The van der Waals surface area contributed by atoms with Crippen LogP contribution in [0.15, 0.2) is 11.1 Å². The maximum Gasteiger partial charge on any atom is 0.266 e. The monoisotopic (exact) mass is 346 g/mol. The molecule has 17 heavy (non-hydrogen) atoms. The lowest BCUT2D eigenvalue weighted by Crippen LogP contribution is -2.34. The second kappa shape index (κ2) is 4.56. The normalized spacial score (nSPS) is 28.3. The van der Waals surface area contributed by atoms with Gasteiger partial charge >= 0.3 is 0 Å². The van der Waals surface area contributed by atoms with Crippen LogP contribution in [-0.4, -0.2) is 40.0 Å². The van der Waals surface area contributed by atoms with Gasteiger partial charge in [0.2, 0.25) is 0 Å². The van der Waals surface area contributed by atoms with Crippen LogP contribution in [0.3, 0.4) is 0 Å². The second-order valence-corrected chi connectivity index (χ2v) is 5.76. The quantitative estimate of drug-likeness (QED) is 0.786. The third kappa shape index (κ3) is 2.08. The van der Waals surface area contributed by atoms with Crippen molar-refractivity contribution in [1.82, 2.24) is 14.9 Å². The molecule has 2 saturated heterocycles. The molecule has 0 aliphatic carbocycles. The Morgan fingerprint density at radius 3 is 3.24 bits per heavy atom. The van der Waals surface area contributed by atoms with Crippen molar-refractivity contribution >= 4 is 28.4 Å². The van der Waals surface area contributed by atoms with Gasteiger partial charge in [0.05, 0.1) is 6.33 Å². The van der Waals surface area contributed by atoms with Gasteiger partial charge in [0, 0.05) is 18.6 Å². The molecule has 6 heteroatoms. The Morgan fingerprint density at radius 1 is 1.47 bits per heavy atom. The average molecular weight is 346 g/mol. The molecular formula is C11H15IN4O. The van der Waals surface area contributed by atoms with Crippen LogP contribution in [-0.2, 0) is 0 Å². The molecule has 0 amide bonds. The van der Waals surface area contributed by atoms with Crippen molar-refractivity contribution in [3.63, 3.8) is 0 Å². The van der Waals surface area contributed by atoms with E-state index in [0.29, 0.717) is 15.7 Å². The van der Waals surface area contributed by atoms with E-state index < -0.39 is 0 Å². The van der Waals surface area contributed by atoms with E-state index in [-0.39, 0.29) is 5.56 Å². The molecule has 1 aromatic rings. The number of hydrogen-bond acceptors (Lipinski definition) is 4. The molecule has 2 unspecified atom stereocenters. The van der Waals surface area contributed by atoms with Gasteiger partial charge in [-0.15, -0.1) is 0 Å². The first-order valence-corrected chi connectivity index (χ1v) is 7.07. The zero-order chi connectivity index (χ0) is 11.8. The van der Waals surface area contributed by atoms with E-state index in [4.69, 9.17) is 0 Å². The first-order valence-electron chi connectivity index (χ1n) is 5.99. The highest BCUT2D eigenvalue weighted by Crippen LogP contribution is 2.30. The predicted octanol–water partition coefficient (Wildman–Crippen LogP) is 1.02. The van der Waals surface area contributed by atoms with E-state index in [0.717, 1.165) is 12.2 Å². The molecule has 1 aromatic heterocycles. The van der Waals surface area contributed by atoms with Crippen molar-refractivity contribution in [2.75, 3.05) is 18.4 Å². The van der Waals surface area contributed by atoms with Crippen LogP contribution in [0.4, 0.5) is 5.82 Å². The van der Waals surface area contributed by atoms with Crippen molar-refractivity contribution in [2.45, 2.75) is 31.3 Å². The molecule has 2 aliphatic heterocycles. The van der Waals surface area contributed by atoms with Gasteiger partial charge in [-0.05, 0) is 48.4 Å². The van der Waals surface area contributed by atoms with Crippen molar-refractivity contribution in [2.24, 2.45) is 0 Å². The molecular weight excluding hydrogens is 331 g/mol. The first kappa shape index (κ1) is 11.5. The summed E-state index contributed by atoms with van der Waals surface area (Å²) in [6.07, 6.45) is 5.17. The smallest absolute Gasteiger partial charge is 0.266 e. The van der Waals surface area contributed by atoms with Gasteiger partial charge in [-0.1, -0.05) is 0 Å². The molecule has 92 valence electrons. The van der Waals surface area contributed by atoms with Crippen LogP contribution in [0.2, 0.25) is 0 Å². The van der Waals surface area contributed by atoms with Gasteiger partial charge in [-0.3, -0.25) is 9.69 Å². The Labute approximate surface area is 113 Å². The summed E-state index contributed by atoms with van der Waals surface area (Å²) in [4.78, 5) is 20.8. The SMILES string of the molecule is O=c1[nH]cnc(NC2CCN3CCCC23)c1I. The van der Waals surface area contributed by atoms with Gasteiger partial charge in [0.15, 0.2) is 0 Å². The maximum absolute atomic E-state index is 11.5. The minimum Gasteiger partial charge on any atom is -0.365 e. The summed E-state index contributed by atoms with van der Waals surface area (Å²) >= 11 is 2.05. The van der Waals surface area contributed by atoms with E-state index in [1.54, 1.807) is 0 Å². The molecule has 2 aliphatic rings. The molecule has 2 fully saturated rings. The van der Waals surface area contributed by atoms with Crippen molar-refractivity contribution in [3.8, 4) is 0 Å². The van der Waals surface area contributed by atoms with Gasteiger partial charge in [0.1, 0.15) is 9.39 Å². The highest BCUT2D eigenvalue weighted by molar-refractivity contribution is 14.1. The molecule has 5 nitrogen and oxygen atoms in total. The number of anilines is 1. The summed E-state index contributed by atoms with van der Waals surface area (Å²) in [6, 6.07) is 1.08. The minimum atomic E-state index is -0.0654. The van der Waals surface area contributed by atoms with Crippen molar-refractivity contribution < 1.29 is 0 Å². The highest BCUT2D eigenvalue weighted by Gasteiger charge is 2.37. The second-order valence-electron chi connectivity index (χ2n) is 4.68. The third-order valence-electron chi connectivity index (χ3n) is 3.72. The Balaban J connectivity index is 1.79. The van der Waals surface area contributed by atoms with Crippen LogP contribution < -0.4 is 10.9 Å². The van der Waals surface area contributed by atoms with Gasteiger partial charge < -0.3 is 10.3 Å². The Bertz CT molecular complexity index is 475. The largest absolute Gasteiger partial charge is 0.365 e. The first-order chi connectivity index (χ1) is 8.25. The van der Waals surface area contributed by atoms with E-state index in [1.807, 2.05) is 22.6 Å². The number of aromatic amines is 1. The molecule has 3 heterocycles. The van der Waals surface area contributed by atoms with E-state index in [9.17, 15) is 4.79 Å². The number of nitrogens with zero attached hydrogens (tertiary/aromatic N) is 2. The molecule has 0 spiro atoms. The fraction of sp³-hybridized carbons (Fsp3) is 0.636. The van der Waals surface area contributed by atoms with Crippen LogP contribution in [0, 0.1) is 3.57 Å². The lowest BCUT2D eigenvalue weighted by molar-refractivity contribution is 0.318. The van der Waals surface area contributed by atoms with Gasteiger partial charge in [-0.2, -0.15) is 0 Å². The number of aromatic nitrogens is 2. The third-order valence-corrected chi connectivity index (χ3v) is 4.73. The fourth-order valence-electron chi connectivity index (χ4n) is 2.91. The van der Waals surface area contributed by atoms with Crippen LogP contribution in [0.1, 0.15) is 19.3 Å². The molecule has 0 radical (unpaired) electrons. The van der Waals surface area contributed by atoms with Gasteiger partial charge in [-0.25, -0.2) is 4.98 Å². The number of H-pyrrole nitrogens is 1. The van der Waals surface area contributed by atoms with Crippen molar-refractivity contribution in [3.05, 3.63) is 20.3 Å². The number of fused-ring (bicyclic) bond motifs is 1. The van der Waals surface area contributed by atoms with Crippen molar-refractivity contribution in [1.29, 1.82) is 0 Å². The molecule has 3 rings (SSSR count). The molecule has 0 aromatic carbocycles. The topological polar surface area (TPSA) is 61.0 Å². The summed E-state index contributed by atoms with van der Waals surface area (Å²) in [7, 11) is 0. The Hall–Kier alpha value is -0.630. The predicted molar refractivity (Wildman–Crippen MR) is 74.2 cm³/mol. The average Bonchev–Trinajstić information content (AvgIpc) is 2.89. The number of halogens is 1. The lowest BCUT2D eigenvalue weighted by atomic mass is 10.1. The Morgan fingerprint density at radius 2 is 2.35 bits per heavy atom. The summed E-state index contributed by atoms with van der Waals surface area (Å²) in [5, 5.41) is 3.44. The standard InChI is InChI=1S/C11H15IN4O/c12-9-10(13-6-14-11(9)17)15-7-3-5-16-4-1-2-8(7)16/h6-8H,1-5H2,(H2,13,14,15,17). The summed E-state index contributed by atoms with van der Waals surface area (Å²) in [5.74, 6) is 0.730. The van der Waals surface area contributed by atoms with Gasteiger partial charge in [0.25, 0.3) is 5.56 Å². The molecule has 2 atom stereocenters. The maximum atomic E-state index is 11.5. The summed E-state index contributed by atoms with van der Waals surface area (Å²) < 4.78 is 0.654. The molecule has 2 N–H and O–H groups in total. The molecule has 0 bridgehead atoms.